The van der Waals surface area contributed by atoms with E-state index in [1.807, 2.05) is 13.1 Å². The van der Waals surface area contributed by atoms with E-state index < -0.39 is 0 Å². The number of aromatic nitrogens is 5. The molecule has 0 fully saturated rings. The number of nitrogens with one attached hydrogen (secondary N) is 2. The van der Waals surface area contributed by atoms with Gasteiger partial charge < -0.3 is 9.88 Å². The maximum Gasteiger partial charge on any atom is 0.133 e. The van der Waals surface area contributed by atoms with Crippen molar-refractivity contribution in [2.75, 3.05) is 0 Å². The van der Waals surface area contributed by atoms with Crippen molar-refractivity contribution in [2.45, 2.75) is 65.1 Å². The fourth-order valence-corrected chi connectivity index (χ4v) is 2.98. The third kappa shape index (κ3) is 2.85. The summed E-state index contributed by atoms with van der Waals surface area (Å²) in [5.74, 6) is 2.12. The summed E-state index contributed by atoms with van der Waals surface area (Å²) in [4.78, 5) is 0. The largest absolute Gasteiger partial charge is 0.314 e. The standard InChI is InChI=1S/C15H24N6/c1-10-18-19-13-6-5-12(9-21(10)13)16-7-11-8-17-20-14(11)15(2,3)4/h8,12,16H,5-7,9H2,1-4H3,(H,17,20)/t12-/m1/s1. The zero-order valence-electron chi connectivity index (χ0n) is 13.3. The normalized spacial score (nSPS) is 18.8. The first-order valence-corrected chi connectivity index (χ1v) is 7.60. The molecule has 0 aliphatic carbocycles. The predicted octanol–water partition coefficient (Wildman–Crippen LogP) is 1.71. The second kappa shape index (κ2) is 5.26. The lowest BCUT2D eigenvalue weighted by Gasteiger charge is -2.26. The van der Waals surface area contributed by atoms with E-state index in [0.717, 1.165) is 37.6 Å². The fourth-order valence-electron chi connectivity index (χ4n) is 2.98. The molecule has 6 heteroatoms. The lowest BCUT2D eigenvalue weighted by Crippen LogP contribution is -2.37. The Morgan fingerprint density at radius 3 is 2.95 bits per heavy atom. The van der Waals surface area contributed by atoms with E-state index in [4.69, 9.17) is 0 Å². The molecule has 2 aromatic rings. The summed E-state index contributed by atoms with van der Waals surface area (Å²) in [5.41, 5.74) is 2.57. The Morgan fingerprint density at radius 2 is 2.19 bits per heavy atom. The smallest absolute Gasteiger partial charge is 0.133 e. The van der Waals surface area contributed by atoms with E-state index in [9.17, 15) is 0 Å². The first-order valence-electron chi connectivity index (χ1n) is 7.60. The molecule has 0 saturated heterocycles. The van der Waals surface area contributed by atoms with Gasteiger partial charge in [-0.3, -0.25) is 5.10 Å². The van der Waals surface area contributed by atoms with Crippen molar-refractivity contribution < 1.29 is 0 Å². The second-order valence-electron chi connectivity index (χ2n) is 6.91. The molecule has 2 aromatic heterocycles. The molecule has 114 valence electrons. The van der Waals surface area contributed by atoms with Gasteiger partial charge >= 0.3 is 0 Å². The van der Waals surface area contributed by atoms with Crippen LogP contribution in [0.25, 0.3) is 0 Å². The van der Waals surface area contributed by atoms with Crippen LogP contribution in [-0.4, -0.2) is 31.0 Å². The maximum absolute atomic E-state index is 4.22. The van der Waals surface area contributed by atoms with Crippen molar-refractivity contribution in [3.63, 3.8) is 0 Å². The van der Waals surface area contributed by atoms with Crippen molar-refractivity contribution in [3.05, 3.63) is 29.1 Å². The molecule has 2 N–H and O–H groups in total. The van der Waals surface area contributed by atoms with E-state index in [1.54, 1.807) is 0 Å². The van der Waals surface area contributed by atoms with E-state index in [-0.39, 0.29) is 5.41 Å². The van der Waals surface area contributed by atoms with Crippen LogP contribution in [0, 0.1) is 6.92 Å². The summed E-state index contributed by atoms with van der Waals surface area (Å²) in [6.45, 7) is 10.4. The minimum Gasteiger partial charge on any atom is -0.314 e. The molecule has 3 heterocycles. The maximum atomic E-state index is 4.22. The first kappa shape index (κ1) is 14.3. The molecule has 3 rings (SSSR count). The molecule has 0 radical (unpaired) electrons. The van der Waals surface area contributed by atoms with Crippen LogP contribution in [0.4, 0.5) is 0 Å². The number of aryl methyl sites for hydroxylation is 2. The van der Waals surface area contributed by atoms with Crippen LogP contribution in [0.1, 0.15) is 50.1 Å². The van der Waals surface area contributed by atoms with E-state index in [2.05, 4.69) is 51.0 Å². The van der Waals surface area contributed by atoms with Crippen LogP contribution in [-0.2, 0) is 24.9 Å². The third-order valence-corrected chi connectivity index (χ3v) is 4.18. The van der Waals surface area contributed by atoms with Crippen LogP contribution in [0.15, 0.2) is 6.20 Å². The zero-order chi connectivity index (χ0) is 15.0. The topological polar surface area (TPSA) is 71.4 Å². The van der Waals surface area contributed by atoms with Crippen LogP contribution >= 0.6 is 0 Å². The summed E-state index contributed by atoms with van der Waals surface area (Å²) in [7, 11) is 0. The minimum absolute atomic E-state index is 0.0953. The van der Waals surface area contributed by atoms with Gasteiger partial charge in [0.15, 0.2) is 0 Å². The van der Waals surface area contributed by atoms with Crippen LogP contribution in [0.5, 0.6) is 0 Å². The number of H-pyrrole nitrogens is 1. The molecule has 21 heavy (non-hydrogen) atoms. The number of fused-ring (bicyclic) bond motifs is 1. The van der Waals surface area contributed by atoms with Gasteiger partial charge in [-0.1, -0.05) is 20.8 Å². The van der Waals surface area contributed by atoms with E-state index >= 15 is 0 Å². The van der Waals surface area contributed by atoms with Gasteiger partial charge in [-0.15, -0.1) is 10.2 Å². The summed E-state index contributed by atoms with van der Waals surface area (Å²) in [6.07, 6.45) is 4.04. The Morgan fingerprint density at radius 1 is 1.38 bits per heavy atom. The van der Waals surface area contributed by atoms with Crippen molar-refractivity contribution in [2.24, 2.45) is 0 Å². The van der Waals surface area contributed by atoms with E-state index in [0.29, 0.717) is 6.04 Å². The highest BCUT2D eigenvalue weighted by molar-refractivity contribution is 5.23. The minimum atomic E-state index is 0.0953. The molecule has 0 aromatic carbocycles. The molecule has 0 unspecified atom stereocenters. The zero-order valence-corrected chi connectivity index (χ0v) is 13.3. The Labute approximate surface area is 125 Å². The van der Waals surface area contributed by atoms with E-state index in [1.165, 1.54) is 11.3 Å². The highest BCUT2D eigenvalue weighted by Gasteiger charge is 2.23. The number of nitrogens with zero attached hydrogens (tertiary/aromatic N) is 4. The van der Waals surface area contributed by atoms with Crippen molar-refractivity contribution >= 4 is 0 Å². The van der Waals surface area contributed by atoms with Crippen molar-refractivity contribution in [1.82, 2.24) is 30.3 Å². The molecule has 0 bridgehead atoms. The van der Waals surface area contributed by atoms with Gasteiger partial charge in [0.1, 0.15) is 11.6 Å². The van der Waals surface area contributed by atoms with Gasteiger partial charge in [0.05, 0.1) is 6.20 Å². The lowest BCUT2D eigenvalue weighted by atomic mass is 9.89. The van der Waals surface area contributed by atoms with Crippen LogP contribution < -0.4 is 5.32 Å². The predicted molar refractivity (Wildman–Crippen MR) is 81.0 cm³/mol. The number of hydrogen-bond donors (Lipinski definition) is 2. The Hall–Kier alpha value is -1.69. The van der Waals surface area contributed by atoms with Crippen molar-refractivity contribution in [3.8, 4) is 0 Å². The molecule has 0 spiro atoms. The number of aromatic amines is 1. The molecular weight excluding hydrogens is 264 g/mol. The molecule has 6 nitrogen and oxygen atoms in total. The third-order valence-electron chi connectivity index (χ3n) is 4.18. The average molecular weight is 288 g/mol. The van der Waals surface area contributed by atoms with Gasteiger partial charge in [0.25, 0.3) is 0 Å². The fraction of sp³-hybridized carbons (Fsp3) is 0.667. The lowest BCUT2D eigenvalue weighted by molar-refractivity contribution is 0.374. The van der Waals surface area contributed by atoms with Gasteiger partial charge in [0, 0.05) is 42.2 Å². The highest BCUT2D eigenvalue weighted by atomic mass is 15.3. The highest BCUT2D eigenvalue weighted by Crippen LogP contribution is 2.23. The molecular formula is C15H24N6. The molecule has 1 atom stereocenters. The quantitative estimate of drug-likeness (QED) is 0.902. The summed E-state index contributed by atoms with van der Waals surface area (Å²) < 4.78 is 2.22. The molecule has 0 amide bonds. The van der Waals surface area contributed by atoms with Gasteiger partial charge in [-0.2, -0.15) is 5.10 Å². The first-order chi connectivity index (χ1) is 9.95. The summed E-state index contributed by atoms with van der Waals surface area (Å²) in [6, 6.07) is 0.468. The number of rotatable bonds is 3. The number of hydrogen-bond acceptors (Lipinski definition) is 4. The summed E-state index contributed by atoms with van der Waals surface area (Å²) in [5, 5.41) is 19.4. The van der Waals surface area contributed by atoms with Crippen LogP contribution in [0.3, 0.4) is 0 Å². The van der Waals surface area contributed by atoms with Crippen molar-refractivity contribution in [1.29, 1.82) is 0 Å². The molecule has 1 aliphatic heterocycles. The average Bonchev–Trinajstić information content (AvgIpc) is 3.03. The second-order valence-corrected chi connectivity index (χ2v) is 6.91. The Balaban J connectivity index is 1.65. The summed E-state index contributed by atoms with van der Waals surface area (Å²) >= 11 is 0. The Bertz CT molecular complexity index is 618. The molecule has 0 saturated carbocycles. The molecule has 1 aliphatic rings. The van der Waals surface area contributed by atoms with Gasteiger partial charge in [-0.05, 0) is 13.3 Å². The Kier molecular flexibility index (Phi) is 3.57. The van der Waals surface area contributed by atoms with Crippen LogP contribution in [0.2, 0.25) is 0 Å². The SMILES string of the molecule is Cc1nnc2n1C[C@H](NCc1cn[nH]c1C(C)(C)C)CC2. The van der Waals surface area contributed by atoms with Gasteiger partial charge in [-0.25, -0.2) is 0 Å². The monoisotopic (exact) mass is 288 g/mol. The van der Waals surface area contributed by atoms with Gasteiger partial charge in [0.2, 0.25) is 0 Å².